The quantitative estimate of drug-likeness (QED) is 0.789. The van der Waals surface area contributed by atoms with Crippen molar-refractivity contribution in [3.8, 4) is 0 Å². The molecule has 1 N–H and O–H groups in total. The Morgan fingerprint density at radius 2 is 2.13 bits per heavy atom. The number of aliphatic hydroxyl groups excluding tert-OH is 1. The van der Waals surface area contributed by atoms with Gasteiger partial charge in [-0.15, -0.1) is 0 Å². The smallest absolute Gasteiger partial charge is 0.185 e. The molecule has 0 bridgehead atoms. The predicted molar refractivity (Wildman–Crippen MR) is 58.9 cm³/mol. The van der Waals surface area contributed by atoms with Gasteiger partial charge in [0.05, 0.1) is 23.0 Å². The van der Waals surface area contributed by atoms with Gasteiger partial charge in [-0.05, 0) is 0 Å². The molecule has 84 valence electrons. The number of sulfone groups is 1. The van der Waals surface area contributed by atoms with E-state index in [0.29, 0.717) is 13.1 Å². The molecule has 1 aromatic rings. The second kappa shape index (κ2) is 4.07. The maximum absolute atomic E-state index is 11.2. The van der Waals surface area contributed by atoms with Crippen LogP contribution in [0, 0.1) is 0 Å². The Hall–Kier alpha value is -0.660. The van der Waals surface area contributed by atoms with Gasteiger partial charge in [-0.1, -0.05) is 11.3 Å². The Morgan fingerprint density at radius 1 is 1.47 bits per heavy atom. The second-order valence-corrected chi connectivity index (χ2v) is 6.80. The molecule has 1 aliphatic heterocycles. The molecule has 0 atom stereocenters. The number of thiazole rings is 1. The van der Waals surface area contributed by atoms with Gasteiger partial charge in [0.15, 0.2) is 15.0 Å². The van der Waals surface area contributed by atoms with Crippen LogP contribution < -0.4 is 4.90 Å². The summed E-state index contributed by atoms with van der Waals surface area (Å²) in [5.41, 5.74) is 0. The Kier molecular flexibility index (Phi) is 2.94. The van der Waals surface area contributed by atoms with Gasteiger partial charge in [-0.25, -0.2) is 13.4 Å². The summed E-state index contributed by atoms with van der Waals surface area (Å²) in [6, 6.07) is 0. The molecule has 0 aliphatic carbocycles. The van der Waals surface area contributed by atoms with Crippen LogP contribution >= 0.6 is 11.3 Å². The molecule has 1 aromatic heterocycles. The molecule has 1 fully saturated rings. The number of nitrogens with zero attached hydrogens (tertiary/aromatic N) is 2. The minimum atomic E-state index is -2.84. The van der Waals surface area contributed by atoms with E-state index < -0.39 is 9.84 Å². The zero-order chi connectivity index (χ0) is 10.9. The highest BCUT2D eigenvalue weighted by Crippen LogP contribution is 2.23. The van der Waals surface area contributed by atoms with E-state index >= 15 is 0 Å². The predicted octanol–water partition coefficient (Wildman–Crippen LogP) is -0.130. The van der Waals surface area contributed by atoms with Crippen LogP contribution in [-0.4, -0.2) is 43.1 Å². The third kappa shape index (κ3) is 2.47. The van der Waals surface area contributed by atoms with E-state index in [0.717, 1.165) is 10.0 Å². The number of hydrogen-bond donors (Lipinski definition) is 1. The number of anilines is 1. The monoisotopic (exact) mass is 248 g/mol. The summed E-state index contributed by atoms with van der Waals surface area (Å²) in [5.74, 6) is 0.391. The van der Waals surface area contributed by atoms with Crippen molar-refractivity contribution in [2.75, 3.05) is 29.5 Å². The summed E-state index contributed by atoms with van der Waals surface area (Å²) >= 11 is 1.41. The van der Waals surface area contributed by atoms with E-state index in [-0.39, 0.29) is 18.1 Å². The highest BCUT2D eigenvalue weighted by molar-refractivity contribution is 7.91. The third-order valence-corrected chi connectivity index (χ3v) is 4.96. The first-order chi connectivity index (χ1) is 7.11. The van der Waals surface area contributed by atoms with Crippen LogP contribution in [0.15, 0.2) is 6.20 Å². The molecule has 0 spiro atoms. The van der Waals surface area contributed by atoms with E-state index in [1.54, 1.807) is 6.20 Å². The maximum atomic E-state index is 11.2. The van der Waals surface area contributed by atoms with E-state index in [1.807, 2.05) is 4.90 Å². The van der Waals surface area contributed by atoms with Crippen molar-refractivity contribution < 1.29 is 13.5 Å². The highest BCUT2D eigenvalue weighted by atomic mass is 32.2. The lowest BCUT2D eigenvalue weighted by Crippen LogP contribution is -2.40. The van der Waals surface area contributed by atoms with Crippen LogP contribution in [0.1, 0.15) is 4.88 Å². The van der Waals surface area contributed by atoms with Crippen LogP contribution in [-0.2, 0) is 16.4 Å². The first kappa shape index (κ1) is 10.8. The maximum Gasteiger partial charge on any atom is 0.185 e. The normalized spacial score (nSPS) is 20.5. The molecular weight excluding hydrogens is 236 g/mol. The van der Waals surface area contributed by atoms with Gasteiger partial charge in [-0.2, -0.15) is 0 Å². The summed E-state index contributed by atoms with van der Waals surface area (Å²) < 4.78 is 22.4. The standard InChI is InChI=1S/C8H12N2O3S2/c11-6-7-5-9-8(14-7)10-1-3-15(12,13)4-2-10/h5,11H,1-4,6H2. The van der Waals surface area contributed by atoms with E-state index in [2.05, 4.69) is 4.98 Å². The number of rotatable bonds is 2. The molecule has 0 radical (unpaired) electrons. The zero-order valence-corrected chi connectivity index (χ0v) is 9.72. The van der Waals surface area contributed by atoms with Crippen LogP contribution in [0.3, 0.4) is 0 Å². The molecule has 1 aliphatic rings. The number of hydrogen-bond acceptors (Lipinski definition) is 6. The minimum Gasteiger partial charge on any atom is -0.391 e. The average molecular weight is 248 g/mol. The van der Waals surface area contributed by atoms with Crippen LogP contribution in [0.2, 0.25) is 0 Å². The van der Waals surface area contributed by atoms with Crippen molar-refractivity contribution in [2.45, 2.75) is 6.61 Å². The van der Waals surface area contributed by atoms with Crippen LogP contribution in [0.25, 0.3) is 0 Å². The van der Waals surface area contributed by atoms with Gasteiger partial charge in [0.1, 0.15) is 0 Å². The molecule has 0 aromatic carbocycles. The molecule has 1 saturated heterocycles. The second-order valence-electron chi connectivity index (χ2n) is 3.41. The molecule has 7 heteroatoms. The van der Waals surface area contributed by atoms with Crippen molar-refractivity contribution in [3.05, 3.63) is 11.1 Å². The van der Waals surface area contributed by atoms with Crippen molar-refractivity contribution >= 4 is 26.3 Å². The Bertz CT molecular complexity index is 426. The van der Waals surface area contributed by atoms with Gasteiger partial charge in [0, 0.05) is 19.3 Å². The van der Waals surface area contributed by atoms with E-state index in [9.17, 15) is 8.42 Å². The molecule has 0 saturated carbocycles. The lowest BCUT2D eigenvalue weighted by Gasteiger charge is -2.25. The van der Waals surface area contributed by atoms with Gasteiger partial charge < -0.3 is 10.0 Å². The summed E-state index contributed by atoms with van der Waals surface area (Å²) in [6.07, 6.45) is 1.63. The van der Waals surface area contributed by atoms with Gasteiger partial charge in [0.25, 0.3) is 0 Å². The molecule has 15 heavy (non-hydrogen) atoms. The number of aromatic nitrogens is 1. The van der Waals surface area contributed by atoms with Crippen molar-refractivity contribution in [1.29, 1.82) is 0 Å². The molecule has 2 rings (SSSR count). The molecule has 5 nitrogen and oxygen atoms in total. The lowest BCUT2D eigenvalue weighted by atomic mass is 10.5. The van der Waals surface area contributed by atoms with Crippen molar-refractivity contribution in [2.24, 2.45) is 0 Å². The lowest BCUT2D eigenvalue weighted by molar-refractivity contribution is 0.285. The largest absolute Gasteiger partial charge is 0.391 e. The van der Waals surface area contributed by atoms with Gasteiger partial charge in [-0.3, -0.25) is 0 Å². The number of aliphatic hydroxyl groups is 1. The first-order valence-corrected chi connectivity index (χ1v) is 7.25. The molecular formula is C8H12N2O3S2. The van der Waals surface area contributed by atoms with Crippen LogP contribution in [0.5, 0.6) is 0 Å². The first-order valence-electron chi connectivity index (χ1n) is 4.62. The van der Waals surface area contributed by atoms with Crippen molar-refractivity contribution in [1.82, 2.24) is 4.98 Å². The Labute approximate surface area is 92.3 Å². The van der Waals surface area contributed by atoms with E-state index in [1.165, 1.54) is 11.3 Å². The van der Waals surface area contributed by atoms with Gasteiger partial charge >= 0.3 is 0 Å². The highest BCUT2D eigenvalue weighted by Gasteiger charge is 2.23. The summed E-state index contributed by atoms with van der Waals surface area (Å²) in [7, 11) is -2.84. The minimum absolute atomic E-state index is 0.0101. The third-order valence-electron chi connectivity index (χ3n) is 2.31. The average Bonchev–Trinajstić information content (AvgIpc) is 2.66. The zero-order valence-electron chi connectivity index (χ0n) is 8.09. The fourth-order valence-corrected chi connectivity index (χ4v) is 3.44. The summed E-state index contributed by atoms with van der Waals surface area (Å²) in [4.78, 5) is 6.90. The fraction of sp³-hybridized carbons (Fsp3) is 0.625. The van der Waals surface area contributed by atoms with Crippen LogP contribution in [0.4, 0.5) is 5.13 Å². The molecule has 0 amide bonds. The topological polar surface area (TPSA) is 70.5 Å². The van der Waals surface area contributed by atoms with Crippen molar-refractivity contribution in [3.63, 3.8) is 0 Å². The SMILES string of the molecule is O=S1(=O)CCN(c2ncc(CO)s2)CC1. The van der Waals surface area contributed by atoms with Gasteiger partial charge in [0.2, 0.25) is 0 Å². The molecule has 0 unspecified atom stereocenters. The summed E-state index contributed by atoms with van der Waals surface area (Å²) in [5, 5.41) is 9.69. The Balaban J connectivity index is 2.07. The Morgan fingerprint density at radius 3 is 2.67 bits per heavy atom. The van der Waals surface area contributed by atoms with E-state index in [4.69, 9.17) is 5.11 Å². The fourth-order valence-electron chi connectivity index (χ4n) is 1.42. The molecule has 2 heterocycles. The summed E-state index contributed by atoms with van der Waals surface area (Å²) in [6.45, 7) is 0.991.